The van der Waals surface area contributed by atoms with Crippen LogP contribution in [0.4, 0.5) is 0 Å². The Kier molecular flexibility index (Phi) is 3.85. The SMILES string of the molecule is NC(=O)C[C@H](CC(=O)O)c1ccccc1. The molecule has 15 heavy (non-hydrogen) atoms. The van der Waals surface area contributed by atoms with Gasteiger partial charge in [-0.3, -0.25) is 9.59 Å². The van der Waals surface area contributed by atoms with Gasteiger partial charge in [-0.05, 0) is 5.56 Å². The van der Waals surface area contributed by atoms with Gasteiger partial charge in [0.25, 0.3) is 0 Å². The van der Waals surface area contributed by atoms with Crippen molar-refractivity contribution >= 4 is 11.9 Å². The summed E-state index contributed by atoms with van der Waals surface area (Å²) in [6, 6.07) is 9.06. The molecule has 4 heteroatoms. The molecule has 0 saturated heterocycles. The van der Waals surface area contributed by atoms with Crippen molar-refractivity contribution in [2.75, 3.05) is 0 Å². The summed E-state index contributed by atoms with van der Waals surface area (Å²) in [5.74, 6) is -1.74. The zero-order valence-corrected chi connectivity index (χ0v) is 8.22. The van der Waals surface area contributed by atoms with Gasteiger partial charge in [0.15, 0.2) is 0 Å². The monoisotopic (exact) mass is 207 g/mol. The third-order valence-electron chi connectivity index (χ3n) is 2.14. The number of hydrogen-bond donors (Lipinski definition) is 2. The first-order valence-corrected chi connectivity index (χ1v) is 4.64. The smallest absolute Gasteiger partial charge is 0.303 e. The fraction of sp³-hybridized carbons (Fsp3) is 0.273. The van der Waals surface area contributed by atoms with Crippen molar-refractivity contribution in [3.05, 3.63) is 35.9 Å². The fourth-order valence-electron chi connectivity index (χ4n) is 1.49. The number of carbonyl (C=O) groups is 2. The maximum absolute atomic E-state index is 10.8. The molecule has 0 aliphatic carbocycles. The van der Waals surface area contributed by atoms with Crippen molar-refractivity contribution < 1.29 is 14.7 Å². The summed E-state index contributed by atoms with van der Waals surface area (Å²) in [6.45, 7) is 0. The normalized spacial score (nSPS) is 12.0. The number of carboxylic acid groups (broad SMARTS) is 1. The van der Waals surface area contributed by atoms with Crippen LogP contribution in [0.15, 0.2) is 30.3 Å². The molecule has 1 aromatic rings. The van der Waals surface area contributed by atoms with E-state index in [1.165, 1.54) is 0 Å². The first-order valence-electron chi connectivity index (χ1n) is 4.64. The van der Waals surface area contributed by atoms with Gasteiger partial charge < -0.3 is 10.8 Å². The van der Waals surface area contributed by atoms with Crippen LogP contribution in [0.3, 0.4) is 0 Å². The second-order valence-corrected chi connectivity index (χ2v) is 3.38. The molecular weight excluding hydrogens is 194 g/mol. The summed E-state index contributed by atoms with van der Waals surface area (Å²) in [5, 5.41) is 8.71. The zero-order chi connectivity index (χ0) is 11.3. The average molecular weight is 207 g/mol. The Morgan fingerprint density at radius 2 is 1.80 bits per heavy atom. The number of carboxylic acids is 1. The van der Waals surface area contributed by atoms with Crippen LogP contribution >= 0.6 is 0 Å². The largest absolute Gasteiger partial charge is 0.481 e. The van der Waals surface area contributed by atoms with E-state index in [2.05, 4.69) is 0 Å². The van der Waals surface area contributed by atoms with Crippen LogP contribution < -0.4 is 5.73 Å². The molecule has 0 bridgehead atoms. The van der Waals surface area contributed by atoms with Gasteiger partial charge in [-0.1, -0.05) is 30.3 Å². The van der Waals surface area contributed by atoms with E-state index in [0.29, 0.717) is 0 Å². The zero-order valence-electron chi connectivity index (χ0n) is 8.22. The molecule has 1 rings (SSSR count). The van der Waals surface area contributed by atoms with E-state index in [9.17, 15) is 9.59 Å². The Labute approximate surface area is 87.7 Å². The van der Waals surface area contributed by atoms with Crippen molar-refractivity contribution in [2.24, 2.45) is 5.73 Å². The molecule has 4 nitrogen and oxygen atoms in total. The van der Waals surface area contributed by atoms with Gasteiger partial charge in [0.2, 0.25) is 5.91 Å². The summed E-state index contributed by atoms with van der Waals surface area (Å²) in [4.78, 5) is 21.4. The van der Waals surface area contributed by atoms with Gasteiger partial charge in [-0.25, -0.2) is 0 Å². The number of hydrogen-bond acceptors (Lipinski definition) is 2. The third-order valence-corrected chi connectivity index (χ3v) is 2.14. The van der Waals surface area contributed by atoms with Crippen LogP contribution in [-0.4, -0.2) is 17.0 Å². The summed E-state index contributed by atoms with van der Waals surface area (Å²) in [6.07, 6.45) is -0.0106. The molecule has 0 aromatic heterocycles. The van der Waals surface area contributed by atoms with Gasteiger partial charge in [-0.2, -0.15) is 0 Å². The molecule has 0 heterocycles. The molecule has 0 spiro atoms. The number of benzene rings is 1. The van der Waals surface area contributed by atoms with Crippen molar-refractivity contribution in [3.8, 4) is 0 Å². The van der Waals surface area contributed by atoms with Crippen LogP contribution in [0.2, 0.25) is 0 Å². The minimum absolute atomic E-state index is 0.0658. The average Bonchev–Trinajstić information content (AvgIpc) is 2.17. The van der Waals surface area contributed by atoms with Crippen molar-refractivity contribution in [3.63, 3.8) is 0 Å². The third kappa shape index (κ3) is 3.81. The van der Waals surface area contributed by atoms with Crippen LogP contribution in [-0.2, 0) is 9.59 Å². The first kappa shape index (κ1) is 11.2. The van der Waals surface area contributed by atoms with E-state index in [0.717, 1.165) is 5.56 Å². The highest BCUT2D eigenvalue weighted by atomic mass is 16.4. The Hall–Kier alpha value is -1.84. The quantitative estimate of drug-likeness (QED) is 0.759. The molecule has 1 atom stereocenters. The van der Waals surface area contributed by atoms with E-state index in [4.69, 9.17) is 10.8 Å². The molecule has 80 valence electrons. The minimum atomic E-state index is -0.926. The summed E-state index contributed by atoms with van der Waals surface area (Å²) < 4.78 is 0. The van der Waals surface area contributed by atoms with Crippen LogP contribution in [0.5, 0.6) is 0 Å². The lowest BCUT2D eigenvalue weighted by molar-refractivity contribution is -0.137. The lowest BCUT2D eigenvalue weighted by Crippen LogP contribution is -2.17. The molecule has 0 unspecified atom stereocenters. The van der Waals surface area contributed by atoms with E-state index >= 15 is 0 Å². The van der Waals surface area contributed by atoms with E-state index in [1.807, 2.05) is 18.2 Å². The van der Waals surface area contributed by atoms with E-state index in [-0.39, 0.29) is 18.8 Å². The van der Waals surface area contributed by atoms with Gasteiger partial charge in [0, 0.05) is 12.3 Å². The topological polar surface area (TPSA) is 80.4 Å². The molecule has 0 fully saturated rings. The van der Waals surface area contributed by atoms with Gasteiger partial charge >= 0.3 is 5.97 Å². The fourth-order valence-corrected chi connectivity index (χ4v) is 1.49. The van der Waals surface area contributed by atoms with Crippen molar-refractivity contribution in [2.45, 2.75) is 18.8 Å². The number of aliphatic carboxylic acids is 1. The van der Waals surface area contributed by atoms with Crippen molar-refractivity contribution in [1.82, 2.24) is 0 Å². The molecular formula is C11H13NO3. The predicted octanol–water partition coefficient (Wildman–Crippen LogP) is 1.12. The second kappa shape index (κ2) is 5.14. The maximum atomic E-state index is 10.8. The lowest BCUT2D eigenvalue weighted by Gasteiger charge is -2.12. The summed E-state index contributed by atoms with van der Waals surface area (Å²) >= 11 is 0. The lowest BCUT2D eigenvalue weighted by atomic mass is 9.92. The molecule has 0 radical (unpaired) electrons. The molecule has 3 N–H and O–H groups in total. The molecule has 1 amide bonds. The number of amides is 1. The Balaban J connectivity index is 2.81. The Bertz CT molecular complexity index is 332. The second-order valence-electron chi connectivity index (χ2n) is 3.38. The van der Waals surface area contributed by atoms with Gasteiger partial charge in [-0.15, -0.1) is 0 Å². The Morgan fingerprint density at radius 3 is 2.27 bits per heavy atom. The summed E-state index contributed by atoms with van der Waals surface area (Å²) in [5.41, 5.74) is 5.91. The van der Waals surface area contributed by atoms with Gasteiger partial charge in [0.05, 0.1) is 6.42 Å². The van der Waals surface area contributed by atoms with E-state index < -0.39 is 11.9 Å². The van der Waals surface area contributed by atoms with Crippen LogP contribution in [0, 0.1) is 0 Å². The highest BCUT2D eigenvalue weighted by molar-refractivity contribution is 5.76. The molecule has 1 aromatic carbocycles. The Morgan fingerprint density at radius 1 is 1.20 bits per heavy atom. The maximum Gasteiger partial charge on any atom is 0.303 e. The number of carbonyl (C=O) groups excluding carboxylic acids is 1. The highest BCUT2D eigenvalue weighted by Crippen LogP contribution is 2.22. The van der Waals surface area contributed by atoms with Crippen molar-refractivity contribution in [1.29, 1.82) is 0 Å². The molecule has 0 aliphatic heterocycles. The minimum Gasteiger partial charge on any atom is -0.481 e. The molecule has 0 saturated carbocycles. The van der Waals surface area contributed by atoms with Crippen LogP contribution in [0.25, 0.3) is 0 Å². The molecule has 0 aliphatic rings. The first-order chi connectivity index (χ1) is 7.09. The predicted molar refractivity (Wildman–Crippen MR) is 55.2 cm³/mol. The highest BCUT2D eigenvalue weighted by Gasteiger charge is 2.17. The summed E-state index contributed by atoms with van der Waals surface area (Å²) in [7, 11) is 0. The van der Waals surface area contributed by atoms with Gasteiger partial charge in [0.1, 0.15) is 0 Å². The van der Waals surface area contributed by atoms with Crippen LogP contribution in [0.1, 0.15) is 24.3 Å². The number of nitrogens with two attached hydrogens (primary N) is 1. The van der Waals surface area contributed by atoms with E-state index in [1.54, 1.807) is 12.1 Å². The number of rotatable bonds is 5. The standard InChI is InChI=1S/C11H13NO3/c12-10(13)6-9(7-11(14)15)8-4-2-1-3-5-8/h1-5,9H,6-7H2,(H2,12,13)(H,14,15)/t9-/m1/s1. The number of primary amides is 1.